The summed E-state index contributed by atoms with van der Waals surface area (Å²) in [6.45, 7) is 8.49. The molecule has 1 fully saturated rings. The van der Waals surface area contributed by atoms with E-state index < -0.39 is 5.97 Å². The second-order valence-electron chi connectivity index (χ2n) is 5.89. The Kier molecular flexibility index (Phi) is 4.13. The van der Waals surface area contributed by atoms with Gasteiger partial charge in [-0.05, 0) is 49.3 Å². The van der Waals surface area contributed by atoms with Crippen molar-refractivity contribution in [2.45, 2.75) is 33.6 Å². The predicted octanol–water partition coefficient (Wildman–Crippen LogP) is 3.57. The molecular weight excluding hydrogens is 238 g/mol. The van der Waals surface area contributed by atoms with E-state index in [4.69, 9.17) is 0 Å². The van der Waals surface area contributed by atoms with Crippen molar-refractivity contribution < 1.29 is 9.90 Å². The molecule has 0 unspecified atom stereocenters. The first-order chi connectivity index (χ1) is 8.99. The third kappa shape index (κ3) is 3.09. The molecule has 0 aliphatic carbocycles. The molecule has 0 atom stereocenters. The van der Waals surface area contributed by atoms with Gasteiger partial charge >= 0.3 is 5.97 Å². The van der Waals surface area contributed by atoms with Crippen molar-refractivity contribution >= 4 is 11.7 Å². The number of anilines is 1. The van der Waals surface area contributed by atoms with Crippen LogP contribution in [-0.2, 0) is 0 Å². The molecule has 2 rings (SSSR count). The van der Waals surface area contributed by atoms with E-state index in [0.717, 1.165) is 49.0 Å². The summed E-state index contributed by atoms with van der Waals surface area (Å²) in [5.74, 6) is 0.661. The van der Waals surface area contributed by atoms with Gasteiger partial charge in [-0.25, -0.2) is 4.79 Å². The van der Waals surface area contributed by atoms with Crippen LogP contribution in [0.2, 0.25) is 0 Å². The first-order valence-electron chi connectivity index (χ1n) is 7.08. The van der Waals surface area contributed by atoms with Crippen molar-refractivity contribution in [1.29, 1.82) is 0 Å². The molecule has 0 bridgehead atoms. The highest BCUT2D eigenvalue weighted by molar-refractivity contribution is 5.94. The average molecular weight is 261 g/mol. The molecule has 3 nitrogen and oxygen atoms in total. The maximum atomic E-state index is 11.3. The molecule has 0 spiro atoms. The number of benzene rings is 1. The van der Waals surface area contributed by atoms with E-state index in [0.29, 0.717) is 5.56 Å². The van der Waals surface area contributed by atoms with Gasteiger partial charge in [0, 0.05) is 13.1 Å². The largest absolute Gasteiger partial charge is 0.478 e. The molecule has 1 aromatic carbocycles. The Morgan fingerprint density at radius 3 is 2.47 bits per heavy atom. The number of carboxylic acid groups (broad SMARTS) is 1. The van der Waals surface area contributed by atoms with E-state index in [9.17, 15) is 9.90 Å². The van der Waals surface area contributed by atoms with Crippen molar-refractivity contribution in [3.05, 3.63) is 29.3 Å². The first kappa shape index (κ1) is 13.9. The zero-order chi connectivity index (χ0) is 14.0. The SMILES string of the molecule is Cc1ccc(C(=O)O)c(N2CCC(C(C)C)CC2)c1. The second kappa shape index (κ2) is 5.64. The number of carbonyl (C=O) groups is 1. The Morgan fingerprint density at radius 1 is 1.32 bits per heavy atom. The van der Waals surface area contributed by atoms with Crippen LogP contribution in [0.15, 0.2) is 18.2 Å². The molecule has 0 saturated carbocycles. The highest BCUT2D eigenvalue weighted by atomic mass is 16.4. The number of piperidine rings is 1. The number of aryl methyl sites for hydroxylation is 1. The van der Waals surface area contributed by atoms with Crippen molar-refractivity contribution in [2.75, 3.05) is 18.0 Å². The molecule has 0 radical (unpaired) electrons. The third-order valence-electron chi connectivity index (χ3n) is 4.21. The van der Waals surface area contributed by atoms with E-state index in [1.807, 2.05) is 19.1 Å². The quantitative estimate of drug-likeness (QED) is 0.904. The van der Waals surface area contributed by atoms with Gasteiger partial charge in [0.2, 0.25) is 0 Å². The number of rotatable bonds is 3. The Balaban J connectivity index is 2.19. The standard InChI is InChI=1S/C16H23NO2/c1-11(2)13-6-8-17(9-7-13)15-10-12(3)4-5-14(15)16(18)19/h4-5,10-11,13H,6-9H2,1-3H3,(H,18,19). The zero-order valence-electron chi connectivity index (χ0n) is 12.0. The molecule has 1 heterocycles. The third-order valence-corrected chi connectivity index (χ3v) is 4.21. The maximum Gasteiger partial charge on any atom is 0.337 e. The van der Waals surface area contributed by atoms with E-state index in [1.54, 1.807) is 6.07 Å². The molecule has 0 amide bonds. The number of carboxylic acids is 1. The molecule has 1 aromatic rings. The van der Waals surface area contributed by atoms with Crippen LogP contribution >= 0.6 is 0 Å². The van der Waals surface area contributed by atoms with Crippen LogP contribution in [0.25, 0.3) is 0 Å². The molecule has 3 heteroatoms. The lowest BCUT2D eigenvalue weighted by Gasteiger charge is -2.36. The normalized spacial score (nSPS) is 16.9. The fourth-order valence-electron chi connectivity index (χ4n) is 2.89. The van der Waals surface area contributed by atoms with Crippen LogP contribution in [0.5, 0.6) is 0 Å². The molecule has 1 aliphatic rings. The Labute approximate surface area is 115 Å². The van der Waals surface area contributed by atoms with E-state index in [-0.39, 0.29) is 0 Å². The van der Waals surface area contributed by atoms with Crippen LogP contribution in [0.3, 0.4) is 0 Å². The fourth-order valence-corrected chi connectivity index (χ4v) is 2.89. The van der Waals surface area contributed by atoms with Crippen LogP contribution in [0.1, 0.15) is 42.6 Å². The molecule has 19 heavy (non-hydrogen) atoms. The lowest BCUT2D eigenvalue weighted by molar-refractivity contribution is 0.0697. The number of aromatic carboxylic acids is 1. The summed E-state index contributed by atoms with van der Waals surface area (Å²) in [5.41, 5.74) is 2.43. The van der Waals surface area contributed by atoms with Crippen LogP contribution < -0.4 is 4.90 Å². The monoisotopic (exact) mass is 261 g/mol. The van der Waals surface area contributed by atoms with Crippen molar-refractivity contribution in [3.8, 4) is 0 Å². The van der Waals surface area contributed by atoms with Crippen molar-refractivity contribution in [2.24, 2.45) is 11.8 Å². The van der Waals surface area contributed by atoms with Gasteiger partial charge in [0.05, 0.1) is 11.3 Å². The molecule has 104 valence electrons. The summed E-state index contributed by atoms with van der Waals surface area (Å²) >= 11 is 0. The van der Waals surface area contributed by atoms with Gasteiger partial charge in [-0.15, -0.1) is 0 Å². The Morgan fingerprint density at radius 2 is 1.95 bits per heavy atom. The van der Waals surface area contributed by atoms with Gasteiger partial charge < -0.3 is 10.0 Å². The van der Waals surface area contributed by atoms with E-state index in [2.05, 4.69) is 18.7 Å². The smallest absolute Gasteiger partial charge is 0.337 e. The topological polar surface area (TPSA) is 40.5 Å². The van der Waals surface area contributed by atoms with Crippen molar-refractivity contribution in [1.82, 2.24) is 0 Å². The lowest BCUT2D eigenvalue weighted by atomic mass is 9.86. The highest BCUT2D eigenvalue weighted by Crippen LogP contribution is 2.30. The van der Waals surface area contributed by atoms with Crippen LogP contribution in [-0.4, -0.2) is 24.2 Å². The van der Waals surface area contributed by atoms with Crippen LogP contribution in [0.4, 0.5) is 5.69 Å². The lowest BCUT2D eigenvalue weighted by Crippen LogP contribution is -2.36. The average Bonchev–Trinajstić information content (AvgIpc) is 2.38. The molecular formula is C16H23NO2. The summed E-state index contributed by atoms with van der Waals surface area (Å²) < 4.78 is 0. The van der Waals surface area contributed by atoms with Gasteiger partial charge in [0.25, 0.3) is 0 Å². The fraction of sp³-hybridized carbons (Fsp3) is 0.562. The summed E-state index contributed by atoms with van der Waals surface area (Å²) in [7, 11) is 0. The van der Waals surface area contributed by atoms with E-state index in [1.165, 1.54) is 0 Å². The van der Waals surface area contributed by atoms with Gasteiger partial charge in [0.1, 0.15) is 0 Å². The Hall–Kier alpha value is -1.51. The molecule has 0 aromatic heterocycles. The summed E-state index contributed by atoms with van der Waals surface area (Å²) in [6, 6.07) is 5.59. The summed E-state index contributed by atoms with van der Waals surface area (Å²) in [4.78, 5) is 13.6. The molecule has 1 N–H and O–H groups in total. The number of nitrogens with zero attached hydrogens (tertiary/aromatic N) is 1. The van der Waals surface area contributed by atoms with Crippen molar-refractivity contribution in [3.63, 3.8) is 0 Å². The zero-order valence-corrected chi connectivity index (χ0v) is 12.0. The highest BCUT2D eigenvalue weighted by Gasteiger charge is 2.24. The van der Waals surface area contributed by atoms with Gasteiger partial charge in [-0.1, -0.05) is 19.9 Å². The number of hydrogen-bond acceptors (Lipinski definition) is 2. The minimum absolute atomic E-state index is 0.425. The van der Waals surface area contributed by atoms with Gasteiger partial charge in [-0.2, -0.15) is 0 Å². The number of hydrogen-bond donors (Lipinski definition) is 1. The minimum Gasteiger partial charge on any atom is -0.478 e. The maximum absolute atomic E-state index is 11.3. The van der Waals surface area contributed by atoms with E-state index >= 15 is 0 Å². The van der Waals surface area contributed by atoms with Crippen LogP contribution in [0, 0.1) is 18.8 Å². The molecule has 1 aliphatic heterocycles. The summed E-state index contributed by atoms with van der Waals surface area (Å²) in [5, 5.41) is 9.30. The molecule has 1 saturated heterocycles. The first-order valence-corrected chi connectivity index (χ1v) is 7.08. The summed E-state index contributed by atoms with van der Waals surface area (Å²) in [6.07, 6.45) is 2.31. The second-order valence-corrected chi connectivity index (χ2v) is 5.89. The predicted molar refractivity (Wildman–Crippen MR) is 77.9 cm³/mol. The van der Waals surface area contributed by atoms with Gasteiger partial charge in [0.15, 0.2) is 0 Å². The van der Waals surface area contributed by atoms with Gasteiger partial charge in [-0.3, -0.25) is 0 Å². The minimum atomic E-state index is -0.832. The Bertz CT molecular complexity index is 460.